The fourth-order valence-electron chi connectivity index (χ4n) is 3.49. The van der Waals surface area contributed by atoms with E-state index < -0.39 is 5.91 Å². The molecular formula is C26H19FN4O3S. The van der Waals surface area contributed by atoms with Crippen molar-refractivity contribution in [2.24, 2.45) is 10.1 Å². The number of hydrogen-bond donors (Lipinski definition) is 1. The topological polar surface area (TPSA) is 87.3 Å². The number of nitrogens with one attached hydrogen (secondary N) is 1. The number of hydrogen-bond acceptors (Lipinski definition) is 6. The molecule has 7 nitrogen and oxygen atoms in total. The van der Waals surface area contributed by atoms with Crippen LogP contribution < -0.4 is 9.47 Å². The molecule has 2 aliphatic heterocycles. The molecule has 0 bridgehead atoms. The van der Waals surface area contributed by atoms with E-state index in [0.29, 0.717) is 27.3 Å². The molecule has 174 valence electrons. The molecular weight excluding hydrogens is 467 g/mol. The van der Waals surface area contributed by atoms with Gasteiger partial charge in [-0.2, -0.15) is 15.1 Å². The van der Waals surface area contributed by atoms with E-state index in [9.17, 15) is 9.18 Å². The van der Waals surface area contributed by atoms with Crippen LogP contribution in [-0.2, 0) is 11.4 Å². The van der Waals surface area contributed by atoms with Gasteiger partial charge in [-0.25, -0.2) is 4.39 Å². The Morgan fingerprint density at radius 1 is 1.06 bits per heavy atom. The van der Waals surface area contributed by atoms with Gasteiger partial charge in [-0.15, -0.1) is 0 Å². The predicted molar refractivity (Wildman–Crippen MR) is 134 cm³/mol. The molecule has 0 atom stereocenters. The number of carbonyl (C=O) groups excluding carboxylic acids is 1. The van der Waals surface area contributed by atoms with Crippen LogP contribution in [0.5, 0.6) is 11.5 Å². The highest BCUT2D eigenvalue weighted by atomic mass is 32.2. The molecule has 0 unspecified atom stereocenters. The number of nitrogens with zero attached hydrogens (tertiary/aromatic N) is 3. The fraction of sp³-hybridized carbons (Fsp3) is 0.0769. The van der Waals surface area contributed by atoms with Crippen LogP contribution in [0.25, 0.3) is 6.08 Å². The minimum absolute atomic E-state index is 0.0472. The third kappa shape index (κ3) is 4.71. The molecule has 5 rings (SSSR count). The van der Waals surface area contributed by atoms with Gasteiger partial charge >= 0.3 is 0 Å². The van der Waals surface area contributed by atoms with Gasteiger partial charge in [0.15, 0.2) is 17.3 Å². The number of carbonyl (C=O) groups is 1. The van der Waals surface area contributed by atoms with Gasteiger partial charge in [0, 0.05) is 5.56 Å². The minimum atomic E-state index is -0.506. The molecule has 2 aliphatic rings. The van der Waals surface area contributed by atoms with Crippen molar-refractivity contribution in [2.75, 3.05) is 7.11 Å². The molecule has 0 saturated heterocycles. The van der Waals surface area contributed by atoms with Gasteiger partial charge in [-0.3, -0.25) is 10.2 Å². The first-order valence-corrected chi connectivity index (χ1v) is 11.4. The van der Waals surface area contributed by atoms with E-state index in [1.807, 2.05) is 30.3 Å². The van der Waals surface area contributed by atoms with Gasteiger partial charge in [0.1, 0.15) is 17.5 Å². The summed E-state index contributed by atoms with van der Waals surface area (Å²) in [5.41, 5.74) is 2.46. The van der Waals surface area contributed by atoms with E-state index in [1.54, 1.807) is 36.4 Å². The number of amidine groups is 2. The Balaban J connectivity index is 1.37. The van der Waals surface area contributed by atoms with Crippen LogP contribution in [0.3, 0.4) is 0 Å². The second-order valence-corrected chi connectivity index (χ2v) is 8.57. The molecule has 0 spiro atoms. The van der Waals surface area contributed by atoms with E-state index in [2.05, 4.69) is 10.1 Å². The lowest BCUT2D eigenvalue weighted by molar-refractivity contribution is -0.114. The fourth-order valence-corrected chi connectivity index (χ4v) is 4.39. The van der Waals surface area contributed by atoms with E-state index >= 15 is 0 Å². The predicted octanol–water partition coefficient (Wildman–Crippen LogP) is 5.08. The van der Waals surface area contributed by atoms with E-state index in [4.69, 9.17) is 14.9 Å². The molecule has 3 aromatic carbocycles. The quantitative estimate of drug-likeness (QED) is 0.491. The third-order valence-corrected chi connectivity index (χ3v) is 6.24. The summed E-state index contributed by atoms with van der Waals surface area (Å²) in [7, 11) is 1.52. The summed E-state index contributed by atoms with van der Waals surface area (Å²) in [6, 6.07) is 20.8. The molecule has 2 heterocycles. The molecule has 1 amide bonds. The first kappa shape index (κ1) is 22.5. The second-order valence-electron chi connectivity index (χ2n) is 7.62. The molecule has 0 saturated carbocycles. The summed E-state index contributed by atoms with van der Waals surface area (Å²) < 4.78 is 24.4. The molecule has 3 aromatic rings. The van der Waals surface area contributed by atoms with Crippen LogP contribution in [0.15, 0.2) is 88.5 Å². The van der Waals surface area contributed by atoms with Gasteiger partial charge in [-0.1, -0.05) is 48.5 Å². The van der Waals surface area contributed by atoms with Gasteiger partial charge in [-0.05, 0) is 53.2 Å². The number of fused-ring (bicyclic) bond motifs is 1. The van der Waals surface area contributed by atoms with E-state index in [0.717, 1.165) is 11.1 Å². The summed E-state index contributed by atoms with van der Waals surface area (Å²) in [6.45, 7) is 0.242. The maximum Gasteiger partial charge on any atom is 0.283 e. The van der Waals surface area contributed by atoms with Crippen molar-refractivity contribution in [3.05, 3.63) is 101 Å². The SMILES string of the molecule is COc1cc(/C=C2/C(=N)N3N=C(c4ccccc4)SC3=NC2=O)ccc1OCc1ccc(F)cc1. The van der Waals surface area contributed by atoms with Crippen LogP contribution in [0, 0.1) is 11.2 Å². The summed E-state index contributed by atoms with van der Waals surface area (Å²) in [6.07, 6.45) is 1.58. The van der Waals surface area contributed by atoms with Gasteiger partial charge in [0.05, 0.1) is 12.7 Å². The Morgan fingerprint density at radius 3 is 2.57 bits per heavy atom. The lowest BCUT2D eigenvalue weighted by Gasteiger charge is -2.20. The van der Waals surface area contributed by atoms with Crippen LogP contribution in [0.2, 0.25) is 0 Å². The number of aliphatic imine (C=N–C) groups is 1. The monoisotopic (exact) mass is 486 g/mol. The van der Waals surface area contributed by atoms with Crippen molar-refractivity contribution < 1.29 is 18.7 Å². The summed E-state index contributed by atoms with van der Waals surface area (Å²) in [4.78, 5) is 16.9. The zero-order valence-electron chi connectivity index (χ0n) is 18.6. The number of ether oxygens (including phenoxy) is 2. The van der Waals surface area contributed by atoms with E-state index in [1.165, 1.54) is 36.0 Å². The molecule has 0 fully saturated rings. The number of thioether (sulfide) groups is 1. The van der Waals surface area contributed by atoms with Crippen LogP contribution >= 0.6 is 11.8 Å². The van der Waals surface area contributed by atoms with Crippen LogP contribution in [0.4, 0.5) is 4.39 Å². The maximum atomic E-state index is 13.1. The number of benzene rings is 3. The number of halogens is 1. The average Bonchev–Trinajstić information content (AvgIpc) is 3.31. The average molecular weight is 487 g/mol. The van der Waals surface area contributed by atoms with Crippen molar-refractivity contribution in [1.29, 1.82) is 5.41 Å². The number of rotatable bonds is 6. The number of amides is 1. The summed E-state index contributed by atoms with van der Waals surface area (Å²) in [5.74, 6) is 0.0966. The smallest absolute Gasteiger partial charge is 0.283 e. The molecule has 0 radical (unpaired) electrons. The Labute approximate surface area is 205 Å². The standard InChI is InChI=1S/C26H19FN4O3S/c1-33-22-14-17(9-12-21(22)34-15-16-7-10-19(27)11-8-16)13-20-23(28)31-26(29-24(20)32)35-25(30-31)18-5-3-2-4-6-18/h2-14,28H,15H2,1H3/b20-13-,28-23?. The zero-order valence-corrected chi connectivity index (χ0v) is 19.4. The molecule has 9 heteroatoms. The van der Waals surface area contributed by atoms with Crippen LogP contribution in [0.1, 0.15) is 16.7 Å². The minimum Gasteiger partial charge on any atom is -0.493 e. The van der Waals surface area contributed by atoms with Crippen molar-refractivity contribution >= 4 is 39.8 Å². The molecule has 1 N–H and O–H groups in total. The highest BCUT2D eigenvalue weighted by Crippen LogP contribution is 2.33. The molecule has 0 aliphatic carbocycles. The lowest BCUT2D eigenvalue weighted by Crippen LogP contribution is -2.35. The third-order valence-electron chi connectivity index (χ3n) is 5.28. The van der Waals surface area contributed by atoms with Crippen molar-refractivity contribution in [1.82, 2.24) is 5.01 Å². The summed E-state index contributed by atoms with van der Waals surface area (Å²) >= 11 is 1.26. The van der Waals surface area contributed by atoms with Crippen LogP contribution in [-0.4, -0.2) is 34.1 Å². The zero-order chi connectivity index (χ0) is 24.4. The lowest BCUT2D eigenvalue weighted by atomic mass is 10.1. The molecule has 0 aromatic heterocycles. The van der Waals surface area contributed by atoms with Crippen molar-refractivity contribution in [3.63, 3.8) is 0 Å². The highest BCUT2D eigenvalue weighted by Gasteiger charge is 2.36. The van der Waals surface area contributed by atoms with Crippen molar-refractivity contribution in [3.8, 4) is 11.5 Å². The maximum absolute atomic E-state index is 13.1. The Bertz CT molecular complexity index is 1400. The molecule has 35 heavy (non-hydrogen) atoms. The van der Waals surface area contributed by atoms with E-state index in [-0.39, 0.29) is 23.8 Å². The largest absolute Gasteiger partial charge is 0.493 e. The number of methoxy groups -OCH3 is 1. The Kier molecular flexibility index (Phi) is 6.15. The van der Waals surface area contributed by atoms with Crippen molar-refractivity contribution in [2.45, 2.75) is 6.61 Å². The van der Waals surface area contributed by atoms with Gasteiger partial charge in [0.2, 0.25) is 5.17 Å². The second kappa shape index (κ2) is 9.55. The first-order chi connectivity index (χ1) is 17.0. The highest BCUT2D eigenvalue weighted by molar-refractivity contribution is 8.27. The Morgan fingerprint density at radius 2 is 1.83 bits per heavy atom. The Hall–Kier alpha value is -4.24. The van der Waals surface area contributed by atoms with Gasteiger partial charge < -0.3 is 9.47 Å². The number of hydrazone groups is 1. The van der Waals surface area contributed by atoms with Gasteiger partial charge in [0.25, 0.3) is 5.91 Å². The first-order valence-electron chi connectivity index (χ1n) is 10.6. The normalized spacial score (nSPS) is 16.2. The summed E-state index contributed by atoms with van der Waals surface area (Å²) in [5, 5.41) is 15.5.